The third-order valence-corrected chi connectivity index (χ3v) is 4.24. The largest absolute Gasteiger partial charge is 0.504 e. The van der Waals surface area contributed by atoms with E-state index < -0.39 is 6.17 Å². The number of para-hydroxylation sites is 1. The molecule has 1 aliphatic heterocycles. The van der Waals surface area contributed by atoms with Crippen LogP contribution in [0.5, 0.6) is 11.5 Å². The number of hydrogen-bond acceptors (Lipinski definition) is 5. The van der Waals surface area contributed by atoms with Crippen molar-refractivity contribution in [3.63, 3.8) is 0 Å². The molecule has 1 amide bonds. The molecule has 1 aliphatic rings. The Morgan fingerprint density at radius 1 is 1.04 bits per heavy atom. The van der Waals surface area contributed by atoms with Crippen molar-refractivity contribution in [3.05, 3.63) is 77.7 Å². The van der Waals surface area contributed by atoms with E-state index in [1.807, 2.05) is 18.2 Å². The molecule has 0 saturated carbocycles. The highest BCUT2D eigenvalue weighted by atomic mass is 16.3. The second-order valence-corrected chi connectivity index (χ2v) is 5.85. The molecule has 25 heavy (non-hydrogen) atoms. The lowest BCUT2D eigenvalue weighted by Gasteiger charge is -2.37. The van der Waals surface area contributed by atoms with Gasteiger partial charge in [0, 0.05) is 5.69 Å². The molecular weight excluding hydrogens is 320 g/mol. The molecule has 0 bridgehead atoms. The SMILES string of the molecule is O=C1c2ccccc2N[C@H](c2ccc(O)c(O)c2)N1Cc1ccco1. The molecule has 6 heteroatoms. The van der Waals surface area contributed by atoms with Gasteiger partial charge in [-0.15, -0.1) is 0 Å². The Bertz CT molecular complexity index is 921. The van der Waals surface area contributed by atoms with Crippen molar-refractivity contribution in [2.45, 2.75) is 12.7 Å². The van der Waals surface area contributed by atoms with E-state index in [-0.39, 0.29) is 24.0 Å². The number of nitrogens with one attached hydrogen (secondary N) is 1. The Hall–Kier alpha value is -3.41. The topological polar surface area (TPSA) is 85.9 Å². The van der Waals surface area contributed by atoms with E-state index in [1.165, 1.54) is 12.1 Å². The Morgan fingerprint density at radius 2 is 1.88 bits per heavy atom. The van der Waals surface area contributed by atoms with E-state index in [2.05, 4.69) is 5.32 Å². The maximum atomic E-state index is 13.0. The number of phenols is 2. The van der Waals surface area contributed by atoms with Crippen LogP contribution in [0.2, 0.25) is 0 Å². The molecule has 0 fully saturated rings. The Labute approximate surface area is 143 Å². The summed E-state index contributed by atoms with van der Waals surface area (Å²) in [6.07, 6.45) is 1.06. The summed E-state index contributed by atoms with van der Waals surface area (Å²) < 4.78 is 5.39. The summed E-state index contributed by atoms with van der Waals surface area (Å²) in [5, 5.41) is 22.7. The smallest absolute Gasteiger partial charge is 0.258 e. The van der Waals surface area contributed by atoms with Gasteiger partial charge >= 0.3 is 0 Å². The van der Waals surface area contributed by atoms with Gasteiger partial charge in [-0.2, -0.15) is 0 Å². The van der Waals surface area contributed by atoms with Crippen molar-refractivity contribution in [1.82, 2.24) is 4.90 Å². The van der Waals surface area contributed by atoms with Gasteiger partial charge in [0.05, 0.1) is 18.4 Å². The van der Waals surface area contributed by atoms with Crippen molar-refractivity contribution in [1.29, 1.82) is 0 Å². The van der Waals surface area contributed by atoms with Gasteiger partial charge in [-0.1, -0.05) is 18.2 Å². The molecule has 0 saturated heterocycles. The Kier molecular flexibility index (Phi) is 3.57. The first-order valence-corrected chi connectivity index (χ1v) is 7.84. The molecule has 3 N–H and O–H groups in total. The lowest BCUT2D eigenvalue weighted by molar-refractivity contribution is 0.0651. The predicted octanol–water partition coefficient (Wildman–Crippen LogP) is 3.46. The van der Waals surface area contributed by atoms with Crippen LogP contribution in [0.15, 0.2) is 65.3 Å². The number of carbonyl (C=O) groups excluding carboxylic acids is 1. The van der Waals surface area contributed by atoms with E-state index >= 15 is 0 Å². The molecule has 2 aromatic carbocycles. The van der Waals surface area contributed by atoms with Crippen molar-refractivity contribution in [2.75, 3.05) is 5.32 Å². The first kappa shape index (κ1) is 15.1. The summed E-state index contributed by atoms with van der Waals surface area (Å²) in [7, 11) is 0. The third kappa shape index (κ3) is 2.67. The highest BCUT2D eigenvalue weighted by Crippen LogP contribution is 2.36. The third-order valence-electron chi connectivity index (χ3n) is 4.24. The van der Waals surface area contributed by atoms with E-state index in [9.17, 15) is 15.0 Å². The fourth-order valence-corrected chi connectivity index (χ4v) is 3.00. The summed E-state index contributed by atoms with van der Waals surface area (Å²) in [6.45, 7) is 0.277. The van der Waals surface area contributed by atoms with Gasteiger partial charge in [0.25, 0.3) is 5.91 Å². The first-order valence-electron chi connectivity index (χ1n) is 7.84. The zero-order valence-corrected chi connectivity index (χ0v) is 13.2. The molecule has 0 radical (unpaired) electrons. The fourth-order valence-electron chi connectivity index (χ4n) is 3.00. The lowest BCUT2D eigenvalue weighted by atomic mass is 10.0. The normalized spacial score (nSPS) is 16.4. The average Bonchev–Trinajstić information content (AvgIpc) is 3.13. The summed E-state index contributed by atoms with van der Waals surface area (Å²) in [4.78, 5) is 14.6. The molecule has 4 rings (SSSR count). The van der Waals surface area contributed by atoms with Crippen LogP contribution in [0, 0.1) is 0 Å². The number of rotatable bonds is 3. The van der Waals surface area contributed by atoms with Crippen LogP contribution in [0.4, 0.5) is 5.69 Å². The standard InChI is InChI=1S/C19H16N2O4/c22-16-8-7-12(10-17(16)23)18-20-15-6-2-1-5-14(15)19(24)21(18)11-13-4-3-9-25-13/h1-10,18,20,22-23H,11H2/t18-/m0/s1. The van der Waals surface area contributed by atoms with Gasteiger partial charge in [0.2, 0.25) is 0 Å². The van der Waals surface area contributed by atoms with E-state index in [0.29, 0.717) is 16.9 Å². The van der Waals surface area contributed by atoms with Crippen LogP contribution >= 0.6 is 0 Å². The second-order valence-electron chi connectivity index (χ2n) is 5.85. The molecule has 0 spiro atoms. The Morgan fingerprint density at radius 3 is 2.64 bits per heavy atom. The number of benzene rings is 2. The van der Waals surface area contributed by atoms with Crippen molar-refractivity contribution in [2.24, 2.45) is 0 Å². The number of nitrogens with zero attached hydrogens (tertiary/aromatic N) is 1. The summed E-state index contributed by atoms with van der Waals surface area (Å²) in [5.41, 5.74) is 1.96. The van der Waals surface area contributed by atoms with Crippen LogP contribution in [-0.4, -0.2) is 21.0 Å². The van der Waals surface area contributed by atoms with E-state index in [0.717, 1.165) is 5.69 Å². The number of carbonyl (C=O) groups is 1. The van der Waals surface area contributed by atoms with Crippen molar-refractivity contribution < 1.29 is 19.4 Å². The van der Waals surface area contributed by atoms with Gasteiger partial charge in [0.15, 0.2) is 11.5 Å². The van der Waals surface area contributed by atoms with Crippen LogP contribution in [0.3, 0.4) is 0 Å². The molecule has 1 atom stereocenters. The number of hydrogen-bond donors (Lipinski definition) is 3. The molecule has 6 nitrogen and oxygen atoms in total. The maximum Gasteiger partial charge on any atom is 0.258 e. The molecule has 3 aromatic rings. The number of phenolic OH excluding ortho intramolecular Hbond substituents is 2. The van der Waals surface area contributed by atoms with E-state index in [4.69, 9.17) is 4.42 Å². The number of anilines is 1. The van der Waals surface area contributed by atoms with Gasteiger partial charge in [-0.25, -0.2) is 0 Å². The van der Waals surface area contributed by atoms with Gasteiger partial charge < -0.3 is 24.8 Å². The van der Waals surface area contributed by atoms with Gasteiger partial charge in [-0.05, 0) is 42.0 Å². The summed E-state index contributed by atoms with van der Waals surface area (Å²) >= 11 is 0. The summed E-state index contributed by atoms with van der Waals surface area (Å²) in [6, 6.07) is 15.4. The van der Waals surface area contributed by atoms with Crippen LogP contribution in [0.1, 0.15) is 27.8 Å². The Balaban J connectivity index is 1.78. The molecule has 126 valence electrons. The average molecular weight is 336 g/mol. The highest BCUT2D eigenvalue weighted by molar-refractivity contribution is 6.01. The number of aromatic hydroxyl groups is 2. The van der Waals surface area contributed by atoms with Crippen molar-refractivity contribution >= 4 is 11.6 Å². The van der Waals surface area contributed by atoms with Gasteiger partial charge in [-0.3, -0.25) is 4.79 Å². The number of furan rings is 1. The highest BCUT2D eigenvalue weighted by Gasteiger charge is 2.33. The summed E-state index contributed by atoms with van der Waals surface area (Å²) in [5.74, 6) is 0.0817. The second kappa shape index (κ2) is 5.90. The zero-order valence-electron chi connectivity index (χ0n) is 13.2. The predicted molar refractivity (Wildman–Crippen MR) is 91.2 cm³/mol. The molecule has 0 aliphatic carbocycles. The minimum absolute atomic E-state index is 0.136. The molecular formula is C19H16N2O4. The van der Waals surface area contributed by atoms with E-state index in [1.54, 1.807) is 35.4 Å². The van der Waals surface area contributed by atoms with Gasteiger partial charge in [0.1, 0.15) is 11.9 Å². The maximum absolute atomic E-state index is 13.0. The zero-order chi connectivity index (χ0) is 17.4. The lowest BCUT2D eigenvalue weighted by Crippen LogP contribution is -2.42. The van der Waals surface area contributed by atoms with Crippen molar-refractivity contribution in [3.8, 4) is 11.5 Å². The quantitative estimate of drug-likeness (QED) is 0.638. The molecule has 2 heterocycles. The number of amides is 1. The van der Waals surface area contributed by atoms with Crippen LogP contribution in [-0.2, 0) is 6.54 Å². The van der Waals surface area contributed by atoms with Crippen LogP contribution < -0.4 is 5.32 Å². The monoisotopic (exact) mass is 336 g/mol. The fraction of sp³-hybridized carbons (Fsp3) is 0.105. The minimum Gasteiger partial charge on any atom is -0.504 e. The van der Waals surface area contributed by atoms with Crippen LogP contribution in [0.25, 0.3) is 0 Å². The molecule has 1 aromatic heterocycles. The number of fused-ring (bicyclic) bond motifs is 1. The first-order chi connectivity index (χ1) is 12.1. The minimum atomic E-state index is -0.501. The molecule has 0 unspecified atom stereocenters.